The minimum atomic E-state index is -0.219. The Morgan fingerprint density at radius 2 is 1.92 bits per heavy atom. The van der Waals surface area contributed by atoms with Gasteiger partial charge < -0.3 is 9.47 Å². The van der Waals surface area contributed by atoms with Crippen molar-refractivity contribution in [2.75, 3.05) is 25.3 Å². The van der Waals surface area contributed by atoms with Gasteiger partial charge in [0.05, 0.1) is 25.7 Å². The molecule has 0 aliphatic carbocycles. The predicted molar refractivity (Wildman–Crippen MR) is 96.3 cm³/mol. The molecule has 0 atom stereocenters. The van der Waals surface area contributed by atoms with Crippen molar-refractivity contribution < 1.29 is 14.3 Å². The molecular weight excluding hydrogens is 378 g/mol. The van der Waals surface area contributed by atoms with Gasteiger partial charge in [0.2, 0.25) is 16.2 Å². The summed E-state index contributed by atoms with van der Waals surface area (Å²) in [5, 5.41) is 23.7. The average molecular weight is 393 g/mol. The largest absolute Gasteiger partial charge is 0.497 e. The SMILES string of the molecule is COc1cc(OC)cc(-n2nnnc2SCC(=O)Nc2nnc(C)s2)c1. The Morgan fingerprint density at radius 1 is 1.19 bits per heavy atom. The molecule has 1 N–H and O–H groups in total. The van der Waals surface area contributed by atoms with Crippen LogP contribution in [-0.4, -0.2) is 56.3 Å². The van der Waals surface area contributed by atoms with Crippen LogP contribution in [0.3, 0.4) is 0 Å². The molecule has 0 unspecified atom stereocenters. The molecule has 2 heterocycles. The second kappa shape index (κ2) is 8.10. The number of methoxy groups -OCH3 is 2. The van der Waals surface area contributed by atoms with Crippen LogP contribution in [0.1, 0.15) is 5.01 Å². The van der Waals surface area contributed by atoms with Crippen molar-refractivity contribution in [3.05, 3.63) is 23.2 Å². The number of carbonyl (C=O) groups excluding carboxylic acids is 1. The van der Waals surface area contributed by atoms with E-state index in [9.17, 15) is 4.79 Å². The molecule has 26 heavy (non-hydrogen) atoms. The molecule has 3 aromatic rings. The van der Waals surface area contributed by atoms with Crippen LogP contribution >= 0.6 is 23.1 Å². The molecule has 1 amide bonds. The monoisotopic (exact) mass is 393 g/mol. The zero-order chi connectivity index (χ0) is 18.5. The Labute approximate surface area is 156 Å². The second-order valence-electron chi connectivity index (χ2n) is 4.91. The number of anilines is 1. The van der Waals surface area contributed by atoms with Crippen LogP contribution in [0.4, 0.5) is 5.13 Å². The summed E-state index contributed by atoms with van der Waals surface area (Å²) in [6, 6.07) is 5.29. The molecule has 0 saturated heterocycles. The van der Waals surface area contributed by atoms with E-state index in [0.29, 0.717) is 27.5 Å². The molecule has 0 radical (unpaired) electrons. The van der Waals surface area contributed by atoms with Crippen molar-refractivity contribution in [1.29, 1.82) is 0 Å². The number of tetrazole rings is 1. The highest BCUT2D eigenvalue weighted by Crippen LogP contribution is 2.27. The lowest BCUT2D eigenvalue weighted by Gasteiger charge is -2.09. The van der Waals surface area contributed by atoms with E-state index < -0.39 is 0 Å². The molecule has 10 nitrogen and oxygen atoms in total. The van der Waals surface area contributed by atoms with Gasteiger partial charge in [-0.2, -0.15) is 4.68 Å². The fraction of sp³-hybridized carbons (Fsp3) is 0.286. The molecule has 0 bridgehead atoms. The Hall–Kier alpha value is -2.73. The summed E-state index contributed by atoms with van der Waals surface area (Å²) in [4.78, 5) is 12.1. The molecule has 0 spiro atoms. The number of aryl methyl sites for hydroxylation is 1. The first-order valence-electron chi connectivity index (χ1n) is 7.33. The highest BCUT2D eigenvalue weighted by atomic mass is 32.2. The molecule has 0 saturated carbocycles. The maximum absolute atomic E-state index is 12.1. The number of nitrogens with one attached hydrogen (secondary N) is 1. The molecule has 1 aromatic carbocycles. The van der Waals surface area contributed by atoms with Gasteiger partial charge in [-0.1, -0.05) is 23.1 Å². The van der Waals surface area contributed by atoms with Gasteiger partial charge in [0.25, 0.3) is 0 Å². The van der Waals surface area contributed by atoms with Crippen molar-refractivity contribution in [2.24, 2.45) is 0 Å². The molecule has 3 rings (SSSR count). The third kappa shape index (κ3) is 4.26. The lowest BCUT2D eigenvalue weighted by molar-refractivity contribution is -0.113. The van der Waals surface area contributed by atoms with Gasteiger partial charge in [-0.05, 0) is 17.4 Å². The lowest BCUT2D eigenvalue weighted by atomic mass is 10.3. The number of ether oxygens (including phenoxy) is 2. The lowest BCUT2D eigenvalue weighted by Crippen LogP contribution is -2.14. The molecule has 136 valence electrons. The fourth-order valence-electron chi connectivity index (χ4n) is 1.98. The number of hydrogen-bond donors (Lipinski definition) is 1. The van der Waals surface area contributed by atoms with Crippen LogP contribution in [0.5, 0.6) is 11.5 Å². The van der Waals surface area contributed by atoms with Crippen LogP contribution in [-0.2, 0) is 4.79 Å². The number of benzene rings is 1. The number of hydrogen-bond acceptors (Lipinski definition) is 10. The van der Waals surface area contributed by atoms with Crippen LogP contribution in [0.15, 0.2) is 23.4 Å². The average Bonchev–Trinajstić information content (AvgIpc) is 3.28. The van der Waals surface area contributed by atoms with E-state index in [2.05, 4.69) is 31.0 Å². The Kier molecular flexibility index (Phi) is 5.63. The normalized spacial score (nSPS) is 10.6. The topological polar surface area (TPSA) is 117 Å². The van der Waals surface area contributed by atoms with E-state index >= 15 is 0 Å². The van der Waals surface area contributed by atoms with Gasteiger partial charge in [0, 0.05) is 18.2 Å². The summed E-state index contributed by atoms with van der Waals surface area (Å²) in [6.07, 6.45) is 0. The Morgan fingerprint density at radius 3 is 2.54 bits per heavy atom. The van der Waals surface area contributed by atoms with Gasteiger partial charge in [-0.25, -0.2) is 0 Å². The number of thioether (sulfide) groups is 1. The van der Waals surface area contributed by atoms with Crippen molar-refractivity contribution >= 4 is 34.1 Å². The Bertz CT molecular complexity index is 889. The summed E-state index contributed by atoms with van der Waals surface area (Å²) in [6.45, 7) is 1.82. The summed E-state index contributed by atoms with van der Waals surface area (Å²) in [5.74, 6) is 1.12. The number of carbonyl (C=O) groups is 1. The highest BCUT2D eigenvalue weighted by molar-refractivity contribution is 7.99. The minimum absolute atomic E-state index is 0.125. The first-order valence-corrected chi connectivity index (χ1v) is 9.14. The van der Waals surface area contributed by atoms with Crippen LogP contribution in [0, 0.1) is 6.92 Å². The molecule has 2 aromatic heterocycles. The standard InChI is InChI=1S/C14H15N7O3S2/c1-8-16-17-13(26-8)15-12(22)7-25-14-18-19-20-21(14)9-4-10(23-2)6-11(5-9)24-3/h4-6H,7H2,1-3H3,(H,15,17,22). The van der Waals surface area contributed by atoms with Gasteiger partial charge >= 0.3 is 0 Å². The first kappa shape index (κ1) is 18.1. The summed E-state index contributed by atoms with van der Waals surface area (Å²) >= 11 is 2.51. The zero-order valence-corrected chi connectivity index (χ0v) is 15.8. The van der Waals surface area contributed by atoms with Gasteiger partial charge in [0.1, 0.15) is 16.5 Å². The van der Waals surface area contributed by atoms with Gasteiger partial charge in [0.15, 0.2) is 0 Å². The number of nitrogens with zero attached hydrogens (tertiary/aromatic N) is 6. The molecule has 0 aliphatic rings. The van der Waals surface area contributed by atoms with E-state index in [4.69, 9.17) is 9.47 Å². The maximum Gasteiger partial charge on any atom is 0.236 e. The van der Waals surface area contributed by atoms with Crippen molar-refractivity contribution in [3.8, 4) is 17.2 Å². The van der Waals surface area contributed by atoms with E-state index in [0.717, 1.165) is 5.01 Å². The molecule has 0 fully saturated rings. The van der Waals surface area contributed by atoms with Crippen LogP contribution in [0.25, 0.3) is 5.69 Å². The summed E-state index contributed by atoms with van der Waals surface area (Å²) in [5.41, 5.74) is 0.661. The van der Waals surface area contributed by atoms with E-state index in [1.807, 2.05) is 6.92 Å². The van der Waals surface area contributed by atoms with Crippen molar-refractivity contribution in [3.63, 3.8) is 0 Å². The third-order valence-electron chi connectivity index (χ3n) is 3.13. The number of rotatable bonds is 7. The molecule has 12 heteroatoms. The van der Waals surface area contributed by atoms with Crippen molar-refractivity contribution in [1.82, 2.24) is 30.4 Å². The van der Waals surface area contributed by atoms with Gasteiger partial charge in [-0.3, -0.25) is 10.1 Å². The van der Waals surface area contributed by atoms with Crippen LogP contribution < -0.4 is 14.8 Å². The third-order valence-corrected chi connectivity index (χ3v) is 4.80. The molecule has 0 aliphatic heterocycles. The predicted octanol–water partition coefficient (Wildman–Crippen LogP) is 1.57. The number of amides is 1. The minimum Gasteiger partial charge on any atom is -0.497 e. The second-order valence-corrected chi connectivity index (χ2v) is 7.03. The summed E-state index contributed by atoms with van der Waals surface area (Å²) < 4.78 is 12.0. The summed E-state index contributed by atoms with van der Waals surface area (Å²) in [7, 11) is 3.13. The Balaban J connectivity index is 1.71. The first-order chi connectivity index (χ1) is 12.6. The maximum atomic E-state index is 12.1. The van der Waals surface area contributed by atoms with Crippen molar-refractivity contribution in [2.45, 2.75) is 12.1 Å². The fourth-order valence-corrected chi connectivity index (χ4v) is 3.28. The zero-order valence-electron chi connectivity index (χ0n) is 14.2. The number of aromatic nitrogens is 6. The highest BCUT2D eigenvalue weighted by Gasteiger charge is 2.14. The smallest absolute Gasteiger partial charge is 0.236 e. The quantitative estimate of drug-likeness (QED) is 0.597. The van der Waals surface area contributed by atoms with E-state index in [1.165, 1.54) is 27.8 Å². The van der Waals surface area contributed by atoms with Gasteiger partial charge in [-0.15, -0.1) is 15.3 Å². The van der Waals surface area contributed by atoms with E-state index in [-0.39, 0.29) is 11.7 Å². The van der Waals surface area contributed by atoms with E-state index in [1.54, 1.807) is 32.4 Å². The van der Waals surface area contributed by atoms with Crippen LogP contribution in [0.2, 0.25) is 0 Å². The molecular formula is C14H15N7O3S2.